The number of halogens is 1. The van der Waals surface area contributed by atoms with Crippen LogP contribution in [0.15, 0.2) is 53.7 Å². The van der Waals surface area contributed by atoms with Crippen LogP contribution in [0.1, 0.15) is 28.3 Å². The van der Waals surface area contributed by atoms with E-state index in [2.05, 4.69) is 16.0 Å². The van der Waals surface area contributed by atoms with Crippen molar-refractivity contribution < 1.29 is 18.7 Å². The van der Waals surface area contributed by atoms with Gasteiger partial charge in [-0.2, -0.15) is 0 Å². The number of carbonyl (C=O) groups excluding carboxylic acids is 2. The molecule has 0 radical (unpaired) electrons. The highest BCUT2D eigenvalue weighted by atomic mass is 19.1. The van der Waals surface area contributed by atoms with Crippen LogP contribution in [-0.4, -0.2) is 25.7 Å². The van der Waals surface area contributed by atoms with Crippen LogP contribution in [0.4, 0.5) is 9.18 Å². The van der Waals surface area contributed by atoms with Crippen molar-refractivity contribution in [3.8, 4) is 0 Å². The molecule has 2 aromatic carbocycles. The van der Waals surface area contributed by atoms with E-state index in [1.54, 1.807) is 12.1 Å². The maximum atomic E-state index is 13.1. The minimum atomic E-state index is -0.612. The van der Waals surface area contributed by atoms with E-state index in [0.29, 0.717) is 17.8 Å². The summed E-state index contributed by atoms with van der Waals surface area (Å²) in [6.07, 6.45) is 0. The SMILES string of the molecule is COC(=O)C1=C(CNCc2ccc(F)cc2)NC(=O)N[C@@H]1c1cc(C)ccc1C. The lowest BCUT2D eigenvalue weighted by Gasteiger charge is -2.30. The number of hydrogen-bond acceptors (Lipinski definition) is 4. The summed E-state index contributed by atoms with van der Waals surface area (Å²) in [5, 5.41) is 8.74. The third kappa shape index (κ3) is 4.81. The first kappa shape index (κ1) is 20.5. The van der Waals surface area contributed by atoms with Crippen LogP contribution < -0.4 is 16.0 Å². The number of urea groups is 1. The van der Waals surface area contributed by atoms with Crippen LogP contribution in [-0.2, 0) is 16.1 Å². The number of nitrogens with one attached hydrogen (secondary N) is 3. The number of carbonyl (C=O) groups is 2. The fourth-order valence-electron chi connectivity index (χ4n) is 3.35. The van der Waals surface area contributed by atoms with Crippen LogP contribution in [0.5, 0.6) is 0 Å². The summed E-state index contributed by atoms with van der Waals surface area (Å²) in [6.45, 7) is 4.59. The Morgan fingerprint density at radius 2 is 1.86 bits per heavy atom. The first-order valence-corrected chi connectivity index (χ1v) is 9.30. The summed E-state index contributed by atoms with van der Waals surface area (Å²) in [5.41, 5.74) is 4.52. The predicted octanol–water partition coefficient (Wildman–Crippen LogP) is 3.01. The summed E-state index contributed by atoms with van der Waals surface area (Å²) in [4.78, 5) is 24.9. The maximum absolute atomic E-state index is 13.1. The number of hydrogen-bond donors (Lipinski definition) is 3. The number of methoxy groups -OCH3 is 1. The molecule has 0 bridgehead atoms. The molecule has 0 fully saturated rings. The second kappa shape index (κ2) is 8.87. The van der Waals surface area contributed by atoms with E-state index >= 15 is 0 Å². The Bertz CT molecular complexity index is 954. The topological polar surface area (TPSA) is 79.5 Å². The number of rotatable bonds is 6. The molecule has 0 aliphatic carbocycles. The molecule has 0 saturated carbocycles. The highest BCUT2D eigenvalue weighted by Crippen LogP contribution is 2.30. The highest BCUT2D eigenvalue weighted by molar-refractivity contribution is 5.95. The van der Waals surface area contributed by atoms with E-state index in [1.807, 2.05) is 32.0 Å². The number of ether oxygens (including phenoxy) is 1. The Hall–Kier alpha value is -3.19. The van der Waals surface area contributed by atoms with Crippen molar-refractivity contribution in [2.45, 2.75) is 26.4 Å². The summed E-state index contributed by atoms with van der Waals surface area (Å²) < 4.78 is 18.1. The smallest absolute Gasteiger partial charge is 0.338 e. The highest BCUT2D eigenvalue weighted by Gasteiger charge is 2.34. The zero-order valence-corrected chi connectivity index (χ0v) is 16.6. The van der Waals surface area contributed by atoms with E-state index in [9.17, 15) is 14.0 Å². The standard InChI is InChI=1S/C22H24FN3O3/c1-13-4-5-14(2)17(10-13)20-19(21(27)29-3)18(25-22(28)26-20)12-24-11-15-6-8-16(23)9-7-15/h4-10,20,24H,11-12H2,1-3H3,(H2,25,26,28)/t20-/m1/s1. The molecule has 3 N–H and O–H groups in total. The van der Waals surface area contributed by atoms with Crippen molar-refractivity contribution in [3.05, 3.63) is 81.8 Å². The van der Waals surface area contributed by atoms with E-state index in [-0.39, 0.29) is 18.4 Å². The maximum Gasteiger partial charge on any atom is 0.338 e. The molecule has 0 aromatic heterocycles. The van der Waals surface area contributed by atoms with E-state index < -0.39 is 12.0 Å². The van der Waals surface area contributed by atoms with Gasteiger partial charge in [-0.15, -0.1) is 0 Å². The monoisotopic (exact) mass is 397 g/mol. The van der Waals surface area contributed by atoms with Crippen molar-refractivity contribution in [3.63, 3.8) is 0 Å². The lowest BCUT2D eigenvalue weighted by atomic mass is 9.91. The Morgan fingerprint density at radius 1 is 1.14 bits per heavy atom. The molecule has 3 rings (SSSR count). The van der Waals surface area contributed by atoms with Gasteiger partial charge in [-0.05, 0) is 42.7 Å². The summed E-state index contributed by atoms with van der Waals surface area (Å²) >= 11 is 0. The van der Waals surface area contributed by atoms with Gasteiger partial charge in [0.15, 0.2) is 0 Å². The van der Waals surface area contributed by atoms with E-state index in [1.165, 1.54) is 19.2 Å². The molecule has 6 nitrogen and oxygen atoms in total. The molecule has 7 heteroatoms. The molecular formula is C22H24FN3O3. The van der Waals surface area contributed by atoms with Gasteiger partial charge in [-0.3, -0.25) is 0 Å². The molecule has 1 aliphatic heterocycles. The Labute approximate surface area is 169 Å². The van der Waals surface area contributed by atoms with Gasteiger partial charge in [-0.1, -0.05) is 35.9 Å². The molecule has 1 aliphatic rings. The lowest BCUT2D eigenvalue weighted by molar-refractivity contribution is -0.136. The third-order valence-corrected chi connectivity index (χ3v) is 4.85. The van der Waals surface area contributed by atoms with Crippen LogP contribution in [0.25, 0.3) is 0 Å². The summed E-state index contributed by atoms with van der Waals surface area (Å²) in [6, 6.07) is 11.0. The molecule has 152 valence electrons. The van der Waals surface area contributed by atoms with E-state index in [0.717, 1.165) is 22.3 Å². The van der Waals surface area contributed by atoms with Crippen LogP contribution in [0.3, 0.4) is 0 Å². The van der Waals surface area contributed by atoms with Gasteiger partial charge >= 0.3 is 12.0 Å². The van der Waals surface area contributed by atoms with Crippen molar-refractivity contribution >= 4 is 12.0 Å². The number of aryl methyl sites for hydroxylation is 2. The van der Waals surface area contributed by atoms with Crippen LogP contribution in [0.2, 0.25) is 0 Å². The Balaban J connectivity index is 1.90. The van der Waals surface area contributed by atoms with Crippen molar-refractivity contribution in [2.24, 2.45) is 0 Å². The fraction of sp³-hybridized carbons (Fsp3) is 0.273. The minimum absolute atomic E-state index is 0.247. The predicted molar refractivity (Wildman–Crippen MR) is 107 cm³/mol. The van der Waals surface area contributed by atoms with Crippen LogP contribution in [0, 0.1) is 19.7 Å². The number of amides is 2. The molecule has 2 amide bonds. The summed E-state index contributed by atoms with van der Waals surface area (Å²) in [5.74, 6) is -0.812. The molecular weight excluding hydrogens is 373 g/mol. The van der Waals surface area contributed by atoms with Gasteiger partial charge in [0, 0.05) is 18.8 Å². The number of esters is 1. The zero-order chi connectivity index (χ0) is 21.0. The Kier molecular flexibility index (Phi) is 6.29. The van der Waals surface area contributed by atoms with Gasteiger partial charge < -0.3 is 20.7 Å². The van der Waals surface area contributed by atoms with Crippen molar-refractivity contribution in [2.75, 3.05) is 13.7 Å². The van der Waals surface area contributed by atoms with Gasteiger partial charge in [0.25, 0.3) is 0 Å². The first-order valence-electron chi connectivity index (χ1n) is 9.30. The quantitative estimate of drug-likeness (QED) is 0.655. The molecule has 1 heterocycles. The third-order valence-electron chi connectivity index (χ3n) is 4.85. The van der Waals surface area contributed by atoms with Gasteiger partial charge in [0.2, 0.25) is 0 Å². The molecule has 0 saturated heterocycles. The second-order valence-electron chi connectivity index (χ2n) is 7.01. The number of benzene rings is 2. The van der Waals surface area contributed by atoms with Gasteiger partial charge in [-0.25, -0.2) is 14.0 Å². The average molecular weight is 397 g/mol. The fourth-order valence-corrected chi connectivity index (χ4v) is 3.35. The normalized spacial score (nSPS) is 16.3. The second-order valence-corrected chi connectivity index (χ2v) is 7.01. The van der Waals surface area contributed by atoms with Crippen molar-refractivity contribution in [1.82, 2.24) is 16.0 Å². The van der Waals surface area contributed by atoms with Crippen LogP contribution >= 0.6 is 0 Å². The van der Waals surface area contributed by atoms with Gasteiger partial charge in [0.05, 0.1) is 18.7 Å². The van der Waals surface area contributed by atoms with Gasteiger partial charge in [0.1, 0.15) is 5.82 Å². The molecule has 2 aromatic rings. The van der Waals surface area contributed by atoms with E-state index in [4.69, 9.17) is 4.74 Å². The molecule has 1 atom stereocenters. The van der Waals surface area contributed by atoms with Crippen molar-refractivity contribution in [1.29, 1.82) is 0 Å². The summed E-state index contributed by atoms with van der Waals surface area (Å²) in [7, 11) is 1.31. The first-order chi connectivity index (χ1) is 13.9. The minimum Gasteiger partial charge on any atom is -0.466 e. The average Bonchev–Trinajstić information content (AvgIpc) is 2.70. The largest absolute Gasteiger partial charge is 0.466 e. The lowest BCUT2D eigenvalue weighted by Crippen LogP contribution is -2.48. The zero-order valence-electron chi connectivity index (χ0n) is 16.6. The molecule has 0 spiro atoms. The molecule has 0 unspecified atom stereocenters. The molecule has 29 heavy (non-hydrogen) atoms. The Morgan fingerprint density at radius 3 is 2.55 bits per heavy atom.